The molecule has 0 atom stereocenters. The molecule has 0 saturated carbocycles. The maximum atomic E-state index is 11.9. The fourth-order valence-electron chi connectivity index (χ4n) is 1.69. The molecule has 1 rings (SSSR count). The zero-order valence-corrected chi connectivity index (χ0v) is 11.7. The Balaban J connectivity index is 3.06. The first-order chi connectivity index (χ1) is 8.82. The van der Waals surface area contributed by atoms with E-state index in [-0.39, 0.29) is 17.8 Å². The first-order valence-corrected chi connectivity index (χ1v) is 6.03. The van der Waals surface area contributed by atoms with Crippen molar-refractivity contribution in [3.05, 3.63) is 46.7 Å². The average Bonchev–Trinajstić information content (AvgIpc) is 2.31. The highest BCUT2D eigenvalue weighted by Crippen LogP contribution is 2.13. The molecule has 1 aromatic carbocycles. The highest BCUT2D eigenvalue weighted by Gasteiger charge is 2.21. The van der Waals surface area contributed by atoms with E-state index >= 15 is 0 Å². The molecule has 102 valence electrons. The van der Waals surface area contributed by atoms with Crippen LogP contribution in [-0.4, -0.2) is 35.8 Å². The monoisotopic (exact) mass is 261 g/mol. The summed E-state index contributed by atoms with van der Waals surface area (Å²) in [6, 6.07) is 7.57. The summed E-state index contributed by atoms with van der Waals surface area (Å²) in [5.41, 5.74) is 1.82. The van der Waals surface area contributed by atoms with Gasteiger partial charge in [-0.05, 0) is 19.4 Å². The second kappa shape index (κ2) is 6.18. The van der Waals surface area contributed by atoms with Crippen LogP contribution in [0.3, 0.4) is 0 Å². The van der Waals surface area contributed by atoms with E-state index in [1.807, 2.05) is 31.2 Å². The van der Waals surface area contributed by atoms with Crippen molar-refractivity contribution in [2.24, 2.45) is 0 Å². The smallest absolute Gasteiger partial charge is 0.260 e. The molecule has 0 bridgehead atoms. The number of ketones is 1. The minimum Gasteiger partial charge on any atom is -0.511 e. The van der Waals surface area contributed by atoms with Crippen molar-refractivity contribution in [3.63, 3.8) is 0 Å². The molecule has 0 radical (unpaired) electrons. The van der Waals surface area contributed by atoms with Gasteiger partial charge in [-0.1, -0.05) is 29.8 Å². The molecule has 0 aromatic heterocycles. The van der Waals surface area contributed by atoms with Crippen LogP contribution >= 0.6 is 0 Å². The van der Waals surface area contributed by atoms with Crippen LogP contribution in [0.2, 0.25) is 0 Å². The van der Waals surface area contributed by atoms with Crippen molar-refractivity contribution >= 4 is 11.7 Å². The summed E-state index contributed by atoms with van der Waals surface area (Å²) in [6.45, 7) is 3.25. The molecule has 4 heteroatoms. The number of hydrogen-bond donors (Lipinski definition) is 1. The SMILES string of the molecule is CC(=O)C(C(=O)N(C)C)=C(O)Cc1ccc(C)cc1. The Kier molecular flexibility index (Phi) is 4.87. The van der Waals surface area contributed by atoms with Crippen LogP contribution in [0.4, 0.5) is 0 Å². The molecule has 0 saturated heterocycles. The Morgan fingerprint density at radius 3 is 2.11 bits per heavy atom. The lowest BCUT2D eigenvalue weighted by Gasteiger charge is -2.13. The number of benzene rings is 1. The number of amides is 1. The molecule has 0 heterocycles. The molecule has 4 nitrogen and oxygen atoms in total. The van der Waals surface area contributed by atoms with Crippen molar-refractivity contribution in [1.82, 2.24) is 4.90 Å². The van der Waals surface area contributed by atoms with E-state index in [0.29, 0.717) is 0 Å². The summed E-state index contributed by atoms with van der Waals surface area (Å²) in [5, 5.41) is 10.0. The molecule has 0 fully saturated rings. The summed E-state index contributed by atoms with van der Waals surface area (Å²) in [4.78, 5) is 24.6. The summed E-state index contributed by atoms with van der Waals surface area (Å²) in [6.07, 6.45) is 0.175. The van der Waals surface area contributed by atoms with Crippen LogP contribution in [0.5, 0.6) is 0 Å². The number of carbonyl (C=O) groups excluding carboxylic acids is 2. The van der Waals surface area contributed by atoms with Gasteiger partial charge < -0.3 is 10.0 Å². The lowest BCUT2D eigenvalue weighted by atomic mass is 10.0. The second-order valence-electron chi connectivity index (χ2n) is 4.74. The van der Waals surface area contributed by atoms with Gasteiger partial charge in [-0.2, -0.15) is 0 Å². The number of Topliss-reactive ketones (excluding diaryl/α,β-unsaturated/α-hetero) is 1. The number of allylic oxidation sites excluding steroid dienone is 1. The van der Waals surface area contributed by atoms with Crippen LogP contribution in [0.25, 0.3) is 0 Å². The summed E-state index contributed by atoms with van der Waals surface area (Å²) < 4.78 is 0. The minimum atomic E-state index is -0.475. The van der Waals surface area contributed by atoms with E-state index in [1.165, 1.54) is 11.8 Å². The predicted octanol–water partition coefficient (Wildman–Crippen LogP) is 2.03. The molecule has 0 aliphatic carbocycles. The van der Waals surface area contributed by atoms with E-state index in [9.17, 15) is 14.7 Å². The van der Waals surface area contributed by atoms with Crippen molar-refractivity contribution in [1.29, 1.82) is 0 Å². The average molecular weight is 261 g/mol. The zero-order chi connectivity index (χ0) is 14.6. The Bertz CT molecular complexity index is 513. The Morgan fingerprint density at radius 2 is 1.68 bits per heavy atom. The quantitative estimate of drug-likeness (QED) is 0.390. The molecule has 1 N–H and O–H groups in total. The summed E-state index contributed by atoms with van der Waals surface area (Å²) in [5.74, 6) is -1.09. The third kappa shape index (κ3) is 3.95. The molecule has 19 heavy (non-hydrogen) atoms. The number of rotatable bonds is 4. The lowest BCUT2D eigenvalue weighted by Crippen LogP contribution is -2.28. The van der Waals surface area contributed by atoms with Gasteiger partial charge in [-0.3, -0.25) is 9.59 Å². The fourth-order valence-corrected chi connectivity index (χ4v) is 1.69. The van der Waals surface area contributed by atoms with E-state index in [1.54, 1.807) is 14.1 Å². The second-order valence-corrected chi connectivity index (χ2v) is 4.74. The standard InChI is InChI=1S/C15H19NO3/c1-10-5-7-12(8-6-10)9-13(18)14(11(2)17)15(19)16(3)4/h5-8,18H,9H2,1-4H3. The zero-order valence-electron chi connectivity index (χ0n) is 11.7. The molecule has 0 spiro atoms. The van der Waals surface area contributed by atoms with Crippen LogP contribution in [0.1, 0.15) is 18.1 Å². The number of likely N-dealkylation sites (N-methyl/N-ethyl adjacent to an activating group) is 1. The highest BCUT2D eigenvalue weighted by molar-refractivity contribution is 6.18. The van der Waals surface area contributed by atoms with Crippen LogP contribution in [-0.2, 0) is 16.0 Å². The van der Waals surface area contributed by atoms with Crippen LogP contribution in [0, 0.1) is 6.92 Å². The third-order valence-corrected chi connectivity index (χ3v) is 2.75. The molecule has 0 aliphatic heterocycles. The summed E-state index contributed by atoms with van der Waals surface area (Å²) >= 11 is 0. The maximum absolute atomic E-state index is 11.9. The number of hydrogen-bond acceptors (Lipinski definition) is 3. The van der Waals surface area contributed by atoms with Gasteiger partial charge in [0.25, 0.3) is 5.91 Å². The van der Waals surface area contributed by atoms with Gasteiger partial charge in [0.2, 0.25) is 0 Å². The highest BCUT2D eigenvalue weighted by atomic mass is 16.3. The van der Waals surface area contributed by atoms with Crippen molar-refractivity contribution < 1.29 is 14.7 Å². The van der Waals surface area contributed by atoms with Crippen molar-refractivity contribution in [3.8, 4) is 0 Å². The van der Waals surface area contributed by atoms with Gasteiger partial charge in [-0.15, -0.1) is 0 Å². The number of aliphatic hydroxyl groups is 1. The minimum absolute atomic E-state index is 0.148. The molecule has 1 aromatic rings. The van der Waals surface area contributed by atoms with Gasteiger partial charge in [0.05, 0.1) is 0 Å². The number of nitrogens with zero attached hydrogens (tertiary/aromatic N) is 1. The van der Waals surface area contributed by atoms with Gasteiger partial charge in [-0.25, -0.2) is 0 Å². The van der Waals surface area contributed by atoms with Crippen LogP contribution in [0.15, 0.2) is 35.6 Å². The Labute approximate surface area is 113 Å². The molecular weight excluding hydrogens is 242 g/mol. The number of carbonyl (C=O) groups is 2. The van der Waals surface area contributed by atoms with E-state index in [2.05, 4.69) is 0 Å². The number of aryl methyl sites for hydroxylation is 1. The fraction of sp³-hybridized carbons (Fsp3) is 0.333. The van der Waals surface area contributed by atoms with Gasteiger partial charge >= 0.3 is 0 Å². The van der Waals surface area contributed by atoms with E-state index in [4.69, 9.17) is 0 Å². The molecule has 0 aliphatic rings. The third-order valence-electron chi connectivity index (χ3n) is 2.75. The predicted molar refractivity (Wildman–Crippen MR) is 73.9 cm³/mol. The molecular formula is C15H19NO3. The lowest BCUT2D eigenvalue weighted by molar-refractivity contribution is -0.127. The van der Waals surface area contributed by atoms with Crippen LogP contribution < -0.4 is 0 Å². The number of aliphatic hydroxyl groups excluding tert-OH is 1. The first-order valence-electron chi connectivity index (χ1n) is 6.03. The van der Waals surface area contributed by atoms with E-state index in [0.717, 1.165) is 11.1 Å². The van der Waals surface area contributed by atoms with Gasteiger partial charge in [0, 0.05) is 20.5 Å². The Hall–Kier alpha value is -2.10. The first kappa shape index (κ1) is 15.0. The van der Waals surface area contributed by atoms with Crippen molar-refractivity contribution in [2.45, 2.75) is 20.3 Å². The van der Waals surface area contributed by atoms with E-state index < -0.39 is 11.7 Å². The largest absolute Gasteiger partial charge is 0.511 e. The molecule has 1 amide bonds. The topological polar surface area (TPSA) is 57.6 Å². The van der Waals surface area contributed by atoms with Gasteiger partial charge in [0.15, 0.2) is 5.78 Å². The maximum Gasteiger partial charge on any atom is 0.260 e. The van der Waals surface area contributed by atoms with Gasteiger partial charge in [0.1, 0.15) is 11.3 Å². The molecule has 0 unspecified atom stereocenters. The normalized spacial score (nSPS) is 11.8. The Morgan fingerprint density at radius 1 is 1.16 bits per heavy atom. The summed E-state index contributed by atoms with van der Waals surface area (Å²) in [7, 11) is 3.09. The van der Waals surface area contributed by atoms with Crippen molar-refractivity contribution in [2.75, 3.05) is 14.1 Å².